The Morgan fingerprint density at radius 1 is 1.16 bits per heavy atom. The number of aliphatic hydroxyl groups is 1. The molecule has 3 N–H and O–H groups in total. The average molecular weight is 447 g/mol. The van der Waals surface area contributed by atoms with Crippen molar-refractivity contribution in [3.05, 3.63) is 53.1 Å². The second kappa shape index (κ2) is 10.2. The lowest BCUT2D eigenvalue weighted by Gasteiger charge is -2.17. The monoisotopic (exact) mass is 447 g/mol. The molecule has 0 bridgehead atoms. The maximum absolute atomic E-state index is 13.5. The van der Waals surface area contributed by atoms with Gasteiger partial charge in [0.05, 0.1) is 29.9 Å². The van der Waals surface area contributed by atoms with E-state index in [0.717, 1.165) is 5.69 Å². The quantitative estimate of drug-likeness (QED) is 0.425. The number of pyridine rings is 1. The molecule has 2 rings (SSSR count). The maximum Gasteiger partial charge on any atom is 0.305 e. The summed E-state index contributed by atoms with van der Waals surface area (Å²) in [6.45, 7) is 7.86. The highest BCUT2D eigenvalue weighted by Crippen LogP contribution is 2.41. The van der Waals surface area contributed by atoms with Crippen molar-refractivity contribution in [2.24, 2.45) is 0 Å². The number of nitrogens with zero attached hydrogens (tertiary/aromatic N) is 1. The zero-order valence-corrected chi connectivity index (χ0v) is 18.9. The molecular formula is C23H27FNO5P. The summed E-state index contributed by atoms with van der Waals surface area (Å²) < 4.78 is 25.9. The predicted octanol–water partition coefficient (Wildman–Crippen LogP) is 4.55. The van der Waals surface area contributed by atoms with Crippen LogP contribution < -0.4 is 0 Å². The van der Waals surface area contributed by atoms with Crippen molar-refractivity contribution in [2.75, 3.05) is 6.16 Å². The smallest absolute Gasteiger partial charge is 0.305 e. The van der Waals surface area contributed by atoms with E-state index in [4.69, 9.17) is 10.1 Å². The first kappa shape index (κ1) is 24.7. The highest BCUT2D eigenvalue weighted by atomic mass is 31.2. The molecule has 1 aromatic heterocycles. The van der Waals surface area contributed by atoms with Gasteiger partial charge in [-0.2, -0.15) is 0 Å². The Morgan fingerprint density at radius 2 is 1.77 bits per heavy atom. The summed E-state index contributed by atoms with van der Waals surface area (Å²) in [5, 5.41) is 18.5. The Labute approximate surface area is 181 Å². The van der Waals surface area contributed by atoms with E-state index < -0.39 is 32.0 Å². The third kappa shape index (κ3) is 7.00. The SMILES string of the molecule is CC(C)c1cc(-c2ccc(F)cc2)c(C#CP(=O)(O)C[C@H](O)CC(=O)O)c(C(C)C)n1. The lowest BCUT2D eigenvalue weighted by molar-refractivity contribution is -0.138. The van der Waals surface area contributed by atoms with Gasteiger partial charge < -0.3 is 15.1 Å². The summed E-state index contributed by atoms with van der Waals surface area (Å²) in [5.74, 6) is 1.19. The highest BCUT2D eigenvalue weighted by molar-refractivity contribution is 7.63. The van der Waals surface area contributed by atoms with E-state index in [9.17, 15) is 23.7 Å². The maximum atomic E-state index is 13.5. The van der Waals surface area contributed by atoms with Crippen LogP contribution in [0.5, 0.6) is 0 Å². The number of halogens is 1. The van der Waals surface area contributed by atoms with Crippen molar-refractivity contribution in [2.45, 2.75) is 52.1 Å². The molecule has 0 aliphatic heterocycles. The predicted molar refractivity (Wildman–Crippen MR) is 118 cm³/mol. The summed E-state index contributed by atoms with van der Waals surface area (Å²) in [7, 11) is -4.13. The van der Waals surface area contributed by atoms with Gasteiger partial charge >= 0.3 is 5.97 Å². The Kier molecular flexibility index (Phi) is 8.14. The number of carboxylic acid groups (broad SMARTS) is 1. The van der Waals surface area contributed by atoms with Gasteiger partial charge in [0.2, 0.25) is 0 Å². The van der Waals surface area contributed by atoms with Crippen molar-refractivity contribution in [3.8, 4) is 22.7 Å². The van der Waals surface area contributed by atoms with E-state index >= 15 is 0 Å². The fourth-order valence-corrected chi connectivity index (χ4v) is 4.11. The van der Waals surface area contributed by atoms with E-state index in [1.165, 1.54) is 12.1 Å². The van der Waals surface area contributed by atoms with Crippen LogP contribution in [0.1, 0.15) is 62.9 Å². The number of aliphatic hydroxyl groups excluding tert-OH is 1. The number of carboxylic acids is 1. The van der Waals surface area contributed by atoms with E-state index in [2.05, 4.69) is 11.6 Å². The minimum Gasteiger partial charge on any atom is -0.481 e. The molecule has 0 saturated heterocycles. The van der Waals surface area contributed by atoms with Crippen molar-refractivity contribution in [3.63, 3.8) is 0 Å². The number of rotatable bonds is 7. The zero-order chi connectivity index (χ0) is 23.3. The topological polar surface area (TPSA) is 108 Å². The van der Waals surface area contributed by atoms with Gasteiger partial charge in [0.25, 0.3) is 7.37 Å². The van der Waals surface area contributed by atoms with Gasteiger partial charge in [-0.25, -0.2) is 4.39 Å². The number of aromatic nitrogens is 1. The number of hydrogen-bond donors (Lipinski definition) is 3. The molecular weight excluding hydrogens is 420 g/mol. The Balaban J connectivity index is 2.63. The minimum absolute atomic E-state index is 0.0436. The molecule has 1 aromatic carbocycles. The van der Waals surface area contributed by atoms with Gasteiger partial charge in [-0.15, -0.1) is 0 Å². The average Bonchev–Trinajstić information content (AvgIpc) is 2.65. The highest BCUT2D eigenvalue weighted by Gasteiger charge is 2.23. The Hall–Kier alpha value is -2.52. The molecule has 0 radical (unpaired) electrons. The largest absolute Gasteiger partial charge is 0.481 e. The molecule has 0 spiro atoms. The van der Waals surface area contributed by atoms with E-state index in [1.807, 2.05) is 33.8 Å². The summed E-state index contributed by atoms with van der Waals surface area (Å²) in [4.78, 5) is 25.6. The van der Waals surface area contributed by atoms with Crippen LogP contribution in [0, 0.1) is 17.4 Å². The van der Waals surface area contributed by atoms with Gasteiger partial charge in [0.1, 0.15) is 5.82 Å². The molecule has 0 fully saturated rings. The molecule has 0 aliphatic carbocycles. The first-order valence-electron chi connectivity index (χ1n) is 9.95. The number of hydrogen-bond acceptors (Lipinski definition) is 4. The molecule has 1 unspecified atom stereocenters. The molecule has 0 saturated carbocycles. The zero-order valence-electron chi connectivity index (χ0n) is 18.0. The van der Waals surface area contributed by atoms with Crippen LogP contribution in [0.25, 0.3) is 11.1 Å². The fraction of sp³-hybridized carbons (Fsp3) is 0.391. The van der Waals surface area contributed by atoms with Crippen LogP contribution in [0.15, 0.2) is 30.3 Å². The molecule has 0 amide bonds. The second-order valence-electron chi connectivity index (χ2n) is 8.04. The van der Waals surface area contributed by atoms with Crippen LogP contribution in [0.2, 0.25) is 0 Å². The number of aliphatic carboxylic acids is 1. The molecule has 1 heterocycles. The Morgan fingerprint density at radius 3 is 2.29 bits per heavy atom. The van der Waals surface area contributed by atoms with E-state index in [1.54, 1.807) is 12.1 Å². The molecule has 0 aliphatic rings. The van der Waals surface area contributed by atoms with Crippen LogP contribution >= 0.6 is 7.37 Å². The molecule has 6 nitrogen and oxygen atoms in total. The van der Waals surface area contributed by atoms with Gasteiger partial charge in [-0.3, -0.25) is 14.3 Å². The fourth-order valence-electron chi connectivity index (χ4n) is 3.03. The molecule has 2 atom stereocenters. The summed E-state index contributed by atoms with van der Waals surface area (Å²) >= 11 is 0. The first-order chi connectivity index (χ1) is 14.4. The minimum atomic E-state index is -4.13. The van der Waals surface area contributed by atoms with Gasteiger partial charge in [0, 0.05) is 11.3 Å². The molecule has 2 aromatic rings. The van der Waals surface area contributed by atoms with Crippen molar-refractivity contribution in [1.29, 1.82) is 0 Å². The van der Waals surface area contributed by atoms with Gasteiger partial charge in [-0.1, -0.05) is 45.7 Å². The second-order valence-corrected chi connectivity index (χ2v) is 10.0. The van der Waals surface area contributed by atoms with Gasteiger partial charge in [0.15, 0.2) is 0 Å². The summed E-state index contributed by atoms with van der Waals surface area (Å²) in [6, 6.07) is 7.72. The van der Waals surface area contributed by atoms with E-state index in [-0.39, 0.29) is 17.7 Å². The lowest BCUT2D eigenvalue weighted by atomic mass is 9.92. The first-order valence-corrected chi connectivity index (χ1v) is 11.8. The van der Waals surface area contributed by atoms with Crippen molar-refractivity contribution >= 4 is 13.3 Å². The third-order valence-corrected chi connectivity index (χ3v) is 5.96. The Bertz CT molecular complexity index is 1050. The molecule has 8 heteroatoms. The number of carbonyl (C=O) groups is 1. The normalized spacial score (nSPS) is 14.1. The summed E-state index contributed by atoms with van der Waals surface area (Å²) in [5.41, 5.74) is 5.61. The van der Waals surface area contributed by atoms with E-state index in [0.29, 0.717) is 22.4 Å². The molecule has 31 heavy (non-hydrogen) atoms. The summed E-state index contributed by atoms with van der Waals surface area (Å²) in [6.07, 6.45) is -2.77. The van der Waals surface area contributed by atoms with Crippen LogP contribution in [-0.4, -0.2) is 38.3 Å². The van der Waals surface area contributed by atoms with Crippen LogP contribution in [-0.2, 0) is 9.36 Å². The van der Waals surface area contributed by atoms with Crippen molar-refractivity contribution in [1.82, 2.24) is 4.98 Å². The van der Waals surface area contributed by atoms with Crippen LogP contribution in [0.3, 0.4) is 0 Å². The molecule has 166 valence electrons. The van der Waals surface area contributed by atoms with Crippen LogP contribution in [0.4, 0.5) is 4.39 Å². The van der Waals surface area contributed by atoms with Crippen molar-refractivity contribution < 1.29 is 28.9 Å². The lowest BCUT2D eigenvalue weighted by Crippen LogP contribution is -2.17. The third-order valence-electron chi connectivity index (χ3n) is 4.58. The standard InChI is InChI=1S/C23H27FNO5P/c1-14(2)21-12-20(16-5-7-17(24)8-6-16)19(23(25-21)15(3)4)9-10-31(29,30)13-18(26)11-22(27)28/h5-8,12,14-15,18,26H,11,13H2,1-4H3,(H,27,28)(H,29,30)/t18-/m1/s1. The number of benzene rings is 1. The van der Waals surface area contributed by atoms with Gasteiger partial charge in [-0.05, 0) is 41.3 Å².